The number of nitro groups is 1. The van der Waals surface area contributed by atoms with E-state index in [4.69, 9.17) is 4.74 Å². The standard InChI is InChI=1S/C17H19N3O4/c1-19(2)15-9-8-13(20(22)23)10-14(15)17(21)18-11-12-6-4-5-7-16(12)24-3/h4-10H,11H2,1-3H3,(H,18,21). The Morgan fingerprint density at radius 3 is 2.58 bits per heavy atom. The number of carbonyl (C=O) groups is 1. The maximum atomic E-state index is 12.5. The highest BCUT2D eigenvalue weighted by atomic mass is 16.6. The molecule has 1 amide bonds. The van der Waals surface area contributed by atoms with Crippen molar-refractivity contribution in [3.63, 3.8) is 0 Å². The quantitative estimate of drug-likeness (QED) is 0.650. The molecule has 0 saturated carbocycles. The fourth-order valence-electron chi connectivity index (χ4n) is 2.33. The molecule has 0 heterocycles. The molecular formula is C17H19N3O4. The predicted octanol–water partition coefficient (Wildman–Crippen LogP) is 2.60. The summed E-state index contributed by atoms with van der Waals surface area (Å²) in [5, 5.41) is 13.7. The molecule has 0 aliphatic heterocycles. The van der Waals surface area contributed by atoms with Gasteiger partial charge in [0.15, 0.2) is 0 Å². The number of anilines is 1. The second-order valence-corrected chi connectivity index (χ2v) is 5.35. The second kappa shape index (κ2) is 7.45. The summed E-state index contributed by atoms with van der Waals surface area (Å²) in [5.41, 5.74) is 1.57. The zero-order chi connectivity index (χ0) is 17.7. The van der Waals surface area contributed by atoms with E-state index in [1.165, 1.54) is 12.1 Å². The molecule has 0 saturated heterocycles. The summed E-state index contributed by atoms with van der Waals surface area (Å²) < 4.78 is 5.25. The van der Waals surface area contributed by atoms with Crippen molar-refractivity contribution in [1.82, 2.24) is 5.32 Å². The summed E-state index contributed by atoms with van der Waals surface area (Å²) in [5.74, 6) is 0.290. The van der Waals surface area contributed by atoms with E-state index in [1.54, 1.807) is 38.2 Å². The number of carbonyl (C=O) groups excluding carboxylic acids is 1. The molecule has 7 nitrogen and oxygen atoms in total. The van der Waals surface area contributed by atoms with Crippen molar-refractivity contribution in [2.75, 3.05) is 26.1 Å². The molecule has 2 aromatic carbocycles. The first-order valence-corrected chi connectivity index (χ1v) is 7.30. The van der Waals surface area contributed by atoms with Crippen LogP contribution >= 0.6 is 0 Å². The molecule has 0 fully saturated rings. The number of amides is 1. The van der Waals surface area contributed by atoms with E-state index >= 15 is 0 Å². The molecule has 2 aromatic rings. The molecule has 0 aliphatic rings. The highest BCUT2D eigenvalue weighted by molar-refractivity contribution is 6.00. The first-order valence-electron chi connectivity index (χ1n) is 7.30. The van der Waals surface area contributed by atoms with Crippen LogP contribution in [0.4, 0.5) is 11.4 Å². The molecule has 0 spiro atoms. The van der Waals surface area contributed by atoms with Crippen molar-refractivity contribution in [1.29, 1.82) is 0 Å². The minimum atomic E-state index is -0.517. The minimum absolute atomic E-state index is 0.122. The van der Waals surface area contributed by atoms with Crippen LogP contribution in [-0.4, -0.2) is 32.0 Å². The van der Waals surface area contributed by atoms with Crippen molar-refractivity contribution >= 4 is 17.3 Å². The molecule has 0 unspecified atom stereocenters. The summed E-state index contributed by atoms with van der Waals surface area (Å²) in [6.45, 7) is 0.262. The maximum absolute atomic E-state index is 12.5. The monoisotopic (exact) mass is 329 g/mol. The van der Waals surface area contributed by atoms with E-state index in [-0.39, 0.29) is 23.7 Å². The number of non-ortho nitro benzene ring substituents is 1. The Morgan fingerprint density at radius 2 is 1.96 bits per heavy atom. The number of hydrogen-bond acceptors (Lipinski definition) is 5. The van der Waals surface area contributed by atoms with Gasteiger partial charge < -0.3 is 15.0 Å². The SMILES string of the molecule is COc1ccccc1CNC(=O)c1cc([N+](=O)[O-])ccc1N(C)C. The van der Waals surface area contributed by atoms with Gasteiger partial charge in [0.25, 0.3) is 11.6 Å². The fourth-order valence-corrected chi connectivity index (χ4v) is 2.33. The predicted molar refractivity (Wildman–Crippen MR) is 91.6 cm³/mol. The van der Waals surface area contributed by atoms with Crippen LogP contribution in [0.3, 0.4) is 0 Å². The van der Waals surface area contributed by atoms with E-state index in [1.807, 2.05) is 18.2 Å². The first kappa shape index (κ1) is 17.3. The Labute approximate surface area is 140 Å². The van der Waals surface area contributed by atoms with Crippen LogP contribution < -0.4 is 15.0 Å². The van der Waals surface area contributed by atoms with Crippen LogP contribution in [0.1, 0.15) is 15.9 Å². The minimum Gasteiger partial charge on any atom is -0.496 e. The lowest BCUT2D eigenvalue weighted by Gasteiger charge is -2.17. The Hall–Kier alpha value is -3.09. The van der Waals surface area contributed by atoms with Crippen LogP contribution in [0.25, 0.3) is 0 Å². The summed E-state index contributed by atoms with van der Waals surface area (Å²) in [7, 11) is 5.11. The number of hydrogen-bond donors (Lipinski definition) is 1. The van der Waals surface area contributed by atoms with Gasteiger partial charge in [-0.1, -0.05) is 18.2 Å². The zero-order valence-corrected chi connectivity index (χ0v) is 13.8. The lowest BCUT2D eigenvalue weighted by atomic mass is 10.1. The van der Waals surface area contributed by atoms with Crippen molar-refractivity contribution in [2.24, 2.45) is 0 Å². The zero-order valence-electron chi connectivity index (χ0n) is 13.8. The third-order valence-corrected chi connectivity index (χ3v) is 3.55. The Kier molecular flexibility index (Phi) is 5.36. The average molecular weight is 329 g/mol. The molecule has 0 bridgehead atoms. The van der Waals surface area contributed by atoms with E-state index < -0.39 is 4.92 Å². The van der Waals surface area contributed by atoms with E-state index in [9.17, 15) is 14.9 Å². The largest absolute Gasteiger partial charge is 0.496 e. The molecule has 0 atom stereocenters. The average Bonchev–Trinajstić information content (AvgIpc) is 2.59. The van der Waals surface area contributed by atoms with Crippen LogP contribution in [0.2, 0.25) is 0 Å². The number of rotatable bonds is 6. The van der Waals surface area contributed by atoms with Gasteiger partial charge in [-0.3, -0.25) is 14.9 Å². The number of benzene rings is 2. The number of nitrogens with one attached hydrogen (secondary N) is 1. The highest BCUT2D eigenvalue weighted by Crippen LogP contribution is 2.24. The molecule has 0 aromatic heterocycles. The molecule has 126 valence electrons. The number of nitro benzene ring substituents is 1. The van der Waals surface area contributed by atoms with E-state index in [0.29, 0.717) is 11.4 Å². The molecule has 1 N–H and O–H groups in total. The summed E-state index contributed by atoms with van der Waals surface area (Å²) >= 11 is 0. The summed E-state index contributed by atoms with van der Waals surface area (Å²) in [6, 6.07) is 11.6. The summed E-state index contributed by atoms with van der Waals surface area (Å²) in [4.78, 5) is 24.7. The van der Waals surface area contributed by atoms with Crippen molar-refractivity contribution in [2.45, 2.75) is 6.54 Å². The van der Waals surface area contributed by atoms with Gasteiger partial charge in [-0.05, 0) is 12.1 Å². The molecule has 0 aliphatic carbocycles. The number of methoxy groups -OCH3 is 1. The lowest BCUT2D eigenvalue weighted by molar-refractivity contribution is -0.384. The highest BCUT2D eigenvalue weighted by Gasteiger charge is 2.18. The van der Waals surface area contributed by atoms with Gasteiger partial charge in [0, 0.05) is 44.0 Å². The van der Waals surface area contributed by atoms with Gasteiger partial charge in [0.2, 0.25) is 0 Å². The fraction of sp³-hybridized carbons (Fsp3) is 0.235. The van der Waals surface area contributed by atoms with Gasteiger partial charge in [0.05, 0.1) is 17.6 Å². The van der Waals surface area contributed by atoms with Gasteiger partial charge in [-0.25, -0.2) is 0 Å². The first-order chi connectivity index (χ1) is 11.4. The van der Waals surface area contributed by atoms with Crippen LogP contribution in [0, 0.1) is 10.1 Å². The Bertz CT molecular complexity index is 759. The second-order valence-electron chi connectivity index (χ2n) is 5.35. The normalized spacial score (nSPS) is 10.1. The molecule has 7 heteroatoms. The van der Waals surface area contributed by atoms with Gasteiger partial charge in [0.1, 0.15) is 5.75 Å². The Balaban J connectivity index is 2.25. The van der Waals surface area contributed by atoms with Gasteiger partial charge >= 0.3 is 0 Å². The topological polar surface area (TPSA) is 84.7 Å². The third-order valence-electron chi connectivity index (χ3n) is 3.55. The molecule has 24 heavy (non-hydrogen) atoms. The molecule has 0 radical (unpaired) electrons. The number of ether oxygens (including phenoxy) is 1. The van der Waals surface area contributed by atoms with Gasteiger partial charge in [-0.15, -0.1) is 0 Å². The van der Waals surface area contributed by atoms with E-state index in [2.05, 4.69) is 5.32 Å². The number of nitrogens with zero attached hydrogens (tertiary/aromatic N) is 2. The van der Waals surface area contributed by atoms with Crippen LogP contribution in [0.15, 0.2) is 42.5 Å². The van der Waals surface area contributed by atoms with Crippen LogP contribution in [-0.2, 0) is 6.54 Å². The maximum Gasteiger partial charge on any atom is 0.270 e. The lowest BCUT2D eigenvalue weighted by Crippen LogP contribution is -2.25. The molecule has 2 rings (SSSR count). The van der Waals surface area contributed by atoms with Crippen molar-refractivity contribution < 1.29 is 14.5 Å². The van der Waals surface area contributed by atoms with Crippen LogP contribution in [0.5, 0.6) is 5.75 Å². The van der Waals surface area contributed by atoms with Crippen molar-refractivity contribution in [3.8, 4) is 5.75 Å². The Morgan fingerprint density at radius 1 is 1.25 bits per heavy atom. The summed E-state index contributed by atoms with van der Waals surface area (Å²) in [6.07, 6.45) is 0. The third kappa shape index (κ3) is 3.81. The smallest absolute Gasteiger partial charge is 0.270 e. The van der Waals surface area contributed by atoms with E-state index in [0.717, 1.165) is 5.56 Å². The van der Waals surface area contributed by atoms with Crippen molar-refractivity contribution in [3.05, 3.63) is 63.7 Å². The van der Waals surface area contributed by atoms with Gasteiger partial charge in [-0.2, -0.15) is 0 Å². The number of para-hydroxylation sites is 1. The molecular weight excluding hydrogens is 310 g/mol.